The normalized spacial score (nSPS) is 14.1. The summed E-state index contributed by atoms with van der Waals surface area (Å²) < 4.78 is 4.53. The molecule has 0 aliphatic carbocycles. The molecule has 7 heteroatoms. The summed E-state index contributed by atoms with van der Waals surface area (Å²) in [4.78, 5) is 22.0. The third-order valence-electron chi connectivity index (χ3n) is 2.07. The van der Waals surface area contributed by atoms with Crippen LogP contribution in [0.25, 0.3) is 0 Å². The zero-order valence-electron chi connectivity index (χ0n) is 8.99. The van der Waals surface area contributed by atoms with Crippen LogP contribution < -0.4 is 0 Å². The number of aliphatic hydroxyl groups excluding tert-OH is 2. The second kappa shape index (κ2) is 5.76. The van der Waals surface area contributed by atoms with Crippen LogP contribution in [0.1, 0.15) is 28.9 Å². The molecule has 3 N–H and O–H groups in total. The molecule has 6 nitrogen and oxygen atoms in total. The molecule has 0 aromatic carbocycles. The summed E-state index contributed by atoms with van der Waals surface area (Å²) in [5, 5.41) is 30.7. The number of thiophene rings is 1. The fourth-order valence-electron chi connectivity index (χ4n) is 1.24. The van der Waals surface area contributed by atoms with Crippen molar-refractivity contribution in [1.82, 2.24) is 0 Å². The molecule has 2 atom stereocenters. The second-order valence-corrected chi connectivity index (χ2v) is 3.93. The Kier molecular flexibility index (Phi) is 4.62. The number of esters is 1. The minimum atomic E-state index is -1.79. The van der Waals surface area contributed by atoms with Crippen LogP contribution in [0.3, 0.4) is 0 Å². The summed E-state index contributed by atoms with van der Waals surface area (Å²) >= 11 is 1.06. The maximum Gasteiger partial charge on any atom is 0.338 e. The highest BCUT2D eigenvalue weighted by atomic mass is 32.1. The number of carbonyl (C=O) groups is 2. The van der Waals surface area contributed by atoms with Crippen LogP contribution in [0.15, 0.2) is 10.8 Å². The molecule has 0 aliphatic heterocycles. The Morgan fingerprint density at radius 1 is 1.41 bits per heavy atom. The summed E-state index contributed by atoms with van der Waals surface area (Å²) in [5.74, 6) is -2.21. The van der Waals surface area contributed by atoms with Crippen molar-refractivity contribution in [2.24, 2.45) is 0 Å². The van der Waals surface area contributed by atoms with E-state index < -0.39 is 24.1 Å². The van der Waals surface area contributed by atoms with Crippen molar-refractivity contribution in [3.8, 4) is 0 Å². The van der Waals surface area contributed by atoms with Crippen molar-refractivity contribution < 1.29 is 29.6 Å². The zero-order valence-corrected chi connectivity index (χ0v) is 9.81. The number of aliphatic hydroxyl groups is 2. The minimum Gasteiger partial charge on any atom is -0.478 e. The van der Waals surface area contributed by atoms with Gasteiger partial charge in [0.1, 0.15) is 6.10 Å². The standard InChI is InChI=1S/C10H12O6S/c1-2-16-10(15)8(12)7(11)5-3-17-4-6(5)9(13)14/h3-4,7-8,11-12H,2H2,1H3,(H,13,14). The van der Waals surface area contributed by atoms with Crippen LogP contribution in [0.5, 0.6) is 0 Å². The molecule has 0 bridgehead atoms. The third-order valence-corrected chi connectivity index (χ3v) is 2.83. The largest absolute Gasteiger partial charge is 0.478 e. The van der Waals surface area contributed by atoms with Crippen molar-refractivity contribution in [2.75, 3.05) is 6.61 Å². The van der Waals surface area contributed by atoms with Gasteiger partial charge >= 0.3 is 11.9 Å². The predicted octanol–water partition coefficient (Wildman–Crippen LogP) is 0.404. The summed E-state index contributed by atoms with van der Waals surface area (Å²) in [7, 11) is 0. The molecule has 0 spiro atoms. The van der Waals surface area contributed by atoms with Crippen LogP contribution in [0, 0.1) is 0 Å². The summed E-state index contributed by atoms with van der Waals surface area (Å²) in [6.45, 7) is 1.63. The average molecular weight is 260 g/mol. The molecular formula is C10H12O6S. The first-order valence-electron chi connectivity index (χ1n) is 4.81. The lowest BCUT2D eigenvalue weighted by atomic mass is 10.0. The lowest BCUT2D eigenvalue weighted by molar-refractivity contribution is -0.159. The van der Waals surface area contributed by atoms with Gasteiger partial charge in [-0.25, -0.2) is 9.59 Å². The fourth-order valence-corrected chi connectivity index (χ4v) is 2.09. The van der Waals surface area contributed by atoms with Gasteiger partial charge in [-0.1, -0.05) is 0 Å². The first-order chi connectivity index (χ1) is 7.99. The van der Waals surface area contributed by atoms with E-state index in [1.807, 2.05) is 0 Å². The van der Waals surface area contributed by atoms with Crippen LogP contribution in [-0.2, 0) is 9.53 Å². The Morgan fingerprint density at radius 2 is 2.06 bits per heavy atom. The quantitative estimate of drug-likeness (QED) is 0.662. The van der Waals surface area contributed by atoms with E-state index >= 15 is 0 Å². The number of ether oxygens (including phenoxy) is 1. The van der Waals surface area contributed by atoms with E-state index in [1.54, 1.807) is 6.92 Å². The van der Waals surface area contributed by atoms with Crippen molar-refractivity contribution >= 4 is 23.3 Å². The van der Waals surface area contributed by atoms with Gasteiger partial charge in [-0.05, 0) is 12.3 Å². The van der Waals surface area contributed by atoms with Crippen molar-refractivity contribution in [3.63, 3.8) is 0 Å². The SMILES string of the molecule is CCOC(=O)C(O)C(O)c1cscc1C(=O)O. The minimum absolute atomic E-state index is 0.00283. The number of aromatic carboxylic acids is 1. The van der Waals surface area contributed by atoms with E-state index in [0.29, 0.717) is 0 Å². The molecule has 94 valence electrons. The Balaban J connectivity index is 2.88. The Hall–Kier alpha value is -1.44. The van der Waals surface area contributed by atoms with Gasteiger partial charge in [0.2, 0.25) is 0 Å². The summed E-state index contributed by atoms with van der Waals surface area (Å²) in [6, 6.07) is 0. The number of hydrogen-bond acceptors (Lipinski definition) is 6. The van der Waals surface area contributed by atoms with E-state index in [2.05, 4.69) is 4.74 Å². The molecular weight excluding hydrogens is 248 g/mol. The second-order valence-electron chi connectivity index (χ2n) is 3.19. The topological polar surface area (TPSA) is 104 Å². The highest BCUT2D eigenvalue weighted by Gasteiger charge is 2.30. The van der Waals surface area contributed by atoms with Crippen LogP contribution in [0.2, 0.25) is 0 Å². The maximum atomic E-state index is 11.2. The highest BCUT2D eigenvalue weighted by Crippen LogP contribution is 2.25. The lowest BCUT2D eigenvalue weighted by Crippen LogP contribution is -2.30. The number of carboxylic acid groups (broad SMARTS) is 1. The van der Waals surface area contributed by atoms with E-state index in [9.17, 15) is 19.8 Å². The molecule has 1 rings (SSSR count). The van der Waals surface area contributed by atoms with Crippen LogP contribution in [0.4, 0.5) is 0 Å². The fraction of sp³-hybridized carbons (Fsp3) is 0.400. The monoisotopic (exact) mass is 260 g/mol. The van der Waals surface area contributed by atoms with Crippen LogP contribution in [-0.4, -0.2) is 40.0 Å². The van der Waals surface area contributed by atoms with E-state index in [1.165, 1.54) is 10.8 Å². The van der Waals surface area contributed by atoms with Gasteiger partial charge in [0, 0.05) is 10.9 Å². The highest BCUT2D eigenvalue weighted by molar-refractivity contribution is 7.08. The predicted molar refractivity (Wildman–Crippen MR) is 58.9 cm³/mol. The van der Waals surface area contributed by atoms with Gasteiger partial charge < -0.3 is 20.1 Å². The van der Waals surface area contributed by atoms with E-state index in [4.69, 9.17) is 5.11 Å². The molecule has 1 aromatic heterocycles. The molecule has 0 saturated heterocycles. The van der Waals surface area contributed by atoms with Gasteiger partial charge in [-0.3, -0.25) is 0 Å². The van der Waals surface area contributed by atoms with Crippen LogP contribution >= 0.6 is 11.3 Å². The summed E-state index contributed by atoms with van der Waals surface area (Å²) in [5.41, 5.74) is -0.131. The smallest absolute Gasteiger partial charge is 0.338 e. The van der Waals surface area contributed by atoms with Gasteiger partial charge in [0.05, 0.1) is 12.2 Å². The molecule has 0 saturated carbocycles. The summed E-state index contributed by atoms with van der Waals surface area (Å²) in [6.07, 6.45) is -3.39. The molecule has 1 aromatic rings. The lowest BCUT2D eigenvalue weighted by Gasteiger charge is -2.16. The Morgan fingerprint density at radius 3 is 2.59 bits per heavy atom. The number of hydrogen-bond donors (Lipinski definition) is 3. The van der Waals surface area contributed by atoms with Crippen molar-refractivity contribution in [1.29, 1.82) is 0 Å². The van der Waals surface area contributed by atoms with Crippen molar-refractivity contribution in [3.05, 3.63) is 21.9 Å². The number of carboxylic acids is 1. The van der Waals surface area contributed by atoms with Gasteiger partial charge in [0.25, 0.3) is 0 Å². The molecule has 0 amide bonds. The Labute approximate surface area is 101 Å². The molecule has 1 heterocycles. The number of carbonyl (C=O) groups excluding carboxylic acids is 1. The molecule has 0 aliphatic rings. The molecule has 0 fully saturated rings. The third kappa shape index (κ3) is 3.02. The van der Waals surface area contributed by atoms with E-state index in [-0.39, 0.29) is 17.7 Å². The zero-order chi connectivity index (χ0) is 13.0. The van der Waals surface area contributed by atoms with Gasteiger partial charge in [-0.2, -0.15) is 11.3 Å². The van der Waals surface area contributed by atoms with Gasteiger partial charge in [-0.15, -0.1) is 0 Å². The molecule has 2 unspecified atom stereocenters. The molecule has 0 radical (unpaired) electrons. The first kappa shape index (κ1) is 13.6. The van der Waals surface area contributed by atoms with E-state index in [0.717, 1.165) is 11.3 Å². The van der Waals surface area contributed by atoms with Crippen molar-refractivity contribution in [2.45, 2.75) is 19.1 Å². The van der Waals surface area contributed by atoms with Gasteiger partial charge in [0.15, 0.2) is 6.10 Å². The average Bonchev–Trinajstić information content (AvgIpc) is 2.76. The number of rotatable bonds is 5. The molecule has 17 heavy (non-hydrogen) atoms. The Bertz CT molecular complexity index is 413. The maximum absolute atomic E-state index is 11.2. The first-order valence-corrected chi connectivity index (χ1v) is 5.75.